The maximum Gasteiger partial charge on any atom is 0.356 e. The summed E-state index contributed by atoms with van der Waals surface area (Å²) in [6, 6.07) is 18.4. The van der Waals surface area contributed by atoms with Gasteiger partial charge in [0.1, 0.15) is 17.1 Å². The van der Waals surface area contributed by atoms with E-state index in [-0.39, 0.29) is 22.9 Å². The minimum Gasteiger partial charge on any atom is -0.448 e. The van der Waals surface area contributed by atoms with E-state index in [1.807, 2.05) is 60.7 Å². The van der Waals surface area contributed by atoms with Gasteiger partial charge in [-0.25, -0.2) is 4.79 Å². The number of hydrogen-bond donors (Lipinski definition) is 1. The first-order chi connectivity index (χ1) is 13.6. The van der Waals surface area contributed by atoms with Gasteiger partial charge >= 0.3 is 5.97 Å². The molecule has 1 fully saturated rings. The van der Waals surface area contributed by atoms with Crippen molar-refractivity contribution in [1.82, 2.24) is 4.90 Å². The second-order valence-electron chi connectivity index (χ2n) is 6.63. The molecule has 0 bridgehead atoms. The SMILES string of the molecule is NC1C(=O)N2C(C(=O)OC(c3ccccc3)c3ccccc3)=C(CCl)CSC12. The number of rotatable bonds is 5. The third-order valence-corrected chi connectivity index (χ3v) is 6.56. The van der Waals surface area contributed by atoms with Gasteiger partial charge in [-0.3, -0.25) is 9.69 Å². The van der Waals surface area contributed by atoms with Crippen molar-refractivity contribution in [2.45, 2.75) is 17.5 Å². The zero-order valence-corrected chi connectivity index (χ0v) is 16.5. The van der Waals surface area contributed by atoms with Crippen LogP contribution in [-0.2, 0) is 14.3 Å². The molecule has 28 heavy (non-hydrogen) atoms. The molecule has 2 aliphatic rings. The predicted octanol–water partition coefficient (Wildman–Crippen LogP) is 3.05. The summed E-state index contributed by atoms with van der Waals surface area (Å²) < 4.78 is 5.93. The van der Waals surface area contributed by atoms with Crippen LogP contribution in [0.3, 0.4) is 0 Å². The molecule has 5 nitrogen and oxygen atoms in total. The van der Waals surface area contributed by atoms with Crippen LogP contribution in [-0.4, -0.2) is 39.8 Å². The molecule has 144 valence electrons. The van der Waals surface area contributed by atoms with Crippen LogP contribution in [0.15, 0.2) is 71.9 Å². The number of thioether (sulfide) groups is 1. The molecule has 2 aliphatic heterocycles. The van der Waals surface area contributed by atoms with Crippen LogP contribution in [0.4, 0.5) is 0 Å². The third kappa shape index (κ3) is 3.32. The Hall–Kier alpha value is -2.28. The summed E-state index contributed by atoms with van der Waals surface area (Å²) in [5, 5.41) is -0.242. The Bertz CT molecular complexity index is 880. The number of β-lactam (4-membered cyclic amide) rings is 1. The summed E-state index contributed by atoms with van der Waals surface area (Å²) in [5.74, 6) is -0.122. The number of esters is 1. The molecule has 0 aromatic heterocycles. The number of halogens is 1. The number of ether oxygens (including phenoxy) is 1. The van der Waals surface area contributed by atoms with E-state index in [2.05, 4.69) is 0 Å². The van der Waals surface area contributed by atoms with Crippen LogP contribution in [0.1, 0.15) is 17.2 Å². The van der Waals surface area contributed by atoms with Crippen molar-refractivity contribution >= 4 is 35.2 Å². The predicted molar refractivity (Wildman–Crippen MR) is 110 cm³/mol. The molecule has 0 spiro atoms. The second-order valence-corrected chi connectivity index (χ2v) is 8.00. The van der Waals surface area contributed by atoms with E-state index >= 15 is 0 Å². The Labute approximate surface area is 172 Å². The van der Waals surface area contributed by atoms with E-state index in [1.165, 1.54) is 16.7 Å². The second kappa shape index (κ2) is 7.99. The highest BCUT2D eigenvalue weighted by molar-refractivity contribution is 8.00. The van der Waals surface area contributed by atoms with Crippen molar-refractivity contribution in [2.24, 2.45) is 5.73 Å². The highest BCUT2D eigenvalue weighted by Gasteiger charge is 2.52. The van der Waals surface area contributed by atoms with Crippen LogP contribution < -0.4 is 5.73 Å². The molecule has 0 saturated carbocycles. The number of amides is 1. The number of nitrogens with zero attached hydrogens (tertiary/aromatic N) is 1. The number of fused-ring (bicyclic) bond motifs is 1. The fourth-order valence-electron chi connectivity index (χ4n) is 3.42. The molecule has 7 heteroatoms. The van der Waals surface area contributed by atoms with Gasteiger partial charge in [0.05, 0.1) is 0 Å². The molecular formula is C21H19ClN2O3S. The zero-order valence-electron chi connectivity index (χ0n) is 15.0. The van der Waals surface area contributed by atoms with Crippen LogP contribution in [0.5, 0.6) is 0 Å². The smallest absolute Gasteiger partial charge is 0.356 e. The third-order valence-electron chi connectivity index (χ3n) is 4.87. The van der Waals surface area contributed by atoms with Gasteiger partial charge in [0.15, 0.2) is 6.10 Å². The first-order valence-corrected chi connectivity index (χ1v) is 10.5. The first kappa shape index (κ1) is 19.1. The molecule has 0 radical (unpaired) electrons. The van der Waals surface area contributed by atoms with Gasteiger partial charge in [-0.1, -0.05) is 60.7 Å². The van der Waals surface area contributed by atoms with Crippen molar-refractivity contribution in [2.75, 3.05) is 11.6 Å². The fraction of sp³-hybridized carbons (Fsp3) is 0.238. The highest BCUT2D eigenvalue weighted by atomic mass is 35.5. The van der Waals surface area contributed by atoms with Crippen LogP contribution >= 0.6 is 23.4 Å². The number of nitrogens with two attached hydrogens (primary N) is 1. The average Bonchev–Trinajstić information content (AvgIpc) is 2.76. The minimum atomic E-state index is -0.594. The number of carbonyl (C=O) groups excluding carboxylic acids is 2. The number of carbonyl (C=O) groups is 2. The lowest BCUT2D eigenvalue weighted by Gasteiger charge is -2.48. The van der Waals surface area contributed by atoms with Crippen molar-refractivity contribution in [3.8, 4) is 0 Å². The molecule has 2 heterocycles. The first-order valence-electron chi connectivity index (χ1n) is 8.91. The van der Waals surface area contributed by atoms with E-state index in [0.29, 0.717) is 11.3 Å². The quantitative estimate of drug-likeness (QED) is 0.462. The minimum absolute atomic E-state index is 0.157. The molecule has 2 aromatic rings. The number of hydrogen-bond acceptors (Lipinski definition) is 5. The molecule has 2 N–H and O–H groups in total. The molecule has 1 saturated heterocycles. The Morgan fingerprint density at radius 2 is 1.71 bits per heavy atom. The topological polar surface area (TPSA) is 72.6 Å². The summed E-state index contributed by atoms with van der Waals surface area (Å²) in [4.78, 5) is 26.9. The number of alkyl halides is 1. The lowest BCUT2D eigenvalue weighted by atomic mass is 10.0. The number of benzene rings is 2. The summed E-state index contributed by atoms with van der Waals surface area (Å²) in [7, 11) is 0. The molecule has 2 unspecified atom stereocenters. The van der Waals surface area contributed by atoms with Gasteiger partial charge in [0.25, 0.3) is 0 Å². The van der Waals surface area contributed by atoms with Gasteiger partial charge in [0, 0.05) is 11.6 Å². The lowest BCUT2D eigenvalue weighted by Crippen LogP contribution is -2.68. The van der Waals surface area contributed by atoms with Crippen LogP contribution in [0.2, 0.25) is 0 Å². The summed E-state index contributed by atoms with van der Waals surface area (Å²) in [6.45, 7) is 0. The van der Waals surface area contributed by atoms with Gasteiger partial charge < -0.3 is 10.5 Å². The van der Waals surface area contributed by atoms with Crippen molar-refractivity contribution in [3.05, 3.63) is 83.1 Å². The summed E-state index contributed by atoms with van der Waals surface area (Å²) in [5.41, 5.74) is 8.52. The van der Waals surface area contributed by atoms with E-state index < -0.39 is 18.1 Å². The Balaban J connectivity index is 1.68. The van der Waals surface area contributed by atoms with Crippen LogP contribution in [0, 0.1) is 0 Å². The van der Waals surface area contributed by atoms with Crippen molar-refractivity contribution in [3.63, 3.8) is 0 Å². The Morgan fingerprint density at radius 1 is 1.14 bits per heavy atom. The van der Waals surface area contributed by atoms with Crippen molar-refractivity contribution < 1.29 is 14.3 Å². The molecule has 4 rings (SSSR count). The maximum absolute atomic E-state index is 13.2. The maximum atomic E-state index is 13.2. The monoisotopic (exact) mass is 414 g/mol. The highest BCUT2D eigenvalue weighted by Crippen LogP contribution is 2.41. The van der Waals surface area contributed by atoms with Gasteiger partial charge in [-0.2, -0.15) is 0 Å². The van der Waals surface area contributed by atoms with Gasteiger partial charge in [-0.05, 0) is 16.7 Å². The van der Waals surface area contributed by atoms with E-state index in [1.54, 1.807) is 0 Å². The largest absolute Gasteiger partial charge is 0.448 e. The van der Waals surface area contributed by atoms with Crippen LogP contribution in [0.25, 0.3) is 0 Å². The molecule has 2 atom stereocenters. The van der Waals surface area contributed by atoms with Crippen molar-refractivity contribution in [1.29, 1.82) is 0 Å². The van der Waals surface area contributed by atoms with E-state index in [0.717, 1.165) is 11.1 Å². The molecule has 2 aromatic carbocycles. The summed E-state index contributed by atoms with van der Waals surface area (Å²) >= 11 is 7.58. The lowest BCUT2D eigenvalue weighted by molar-refractivity contribution is -0.153. The van der Waals surface area contributed by atoms with Gasteiger partial charge in [0.2, 0.25) is 5.91 Å². The summed E-state index contributed by atoms with van der Waals surface area (Å²) in [6.07, 6.45) is -0.586. The van der Waals surface area contributed by atoms with Gasteiger partial charge in [-0.15, -0.1) is 23.4 Å². The fourth-order valence-corrected chi connectivity index (χ4v) is 5.04. The Kier molecular flexibility index (Phi) is 5.44. The zero-order chi connectivity index (χ0) is 19.7. The molecule has 0 aliphatic carbocycles. The molecular weight excluding hydrogens is 396 g/mol. The normalized spacial score (nSPS) is 21.4. The standard InChI is InChI=1S/C21H19ClN2O3S/c22-11-15-12-28-20-16(23)19(25)24(20)17(15)21(26)27-18(13-7-3-1-4-8-13)14-9-5-2-6-10-14/h1-10,16,18,20H,11-12,23H2. The van der Waals surface area contributed by atoms with E-state index in [4.69, 9.17) is 22.1 Å². The average molecular weight is 415 g/mol. The van der Waals surface area contributed by atoms with E-state index in [9.17, 15) is 9.59 Å². The molecule has 1 amide bonds. The Morgan fingerprint density at radius 3 is 2.25 bits per heavy atom.